The number of para-hydroxylation sites is 1. The highest BCUT2D eigenvalue weighted by molar-refractivity contribution is 8.29. The Kier molecular flexibility index (Phi) is 7.03. The number of nitrogens with zero attached hydrogens (tertiary/aromatic N) is 4. The number of non-ortho nitro benzene ring substituents is 1. The summed E-state index contributed by atoms with van der Waals surface area (Å²) in [5.41, 5.74) is 1.80. The number of anilines is 2. The summed E-state index contributed by atoms with van der Waals surface area (Å²) in [4.78, 5) is 38.6. The highest BCUT2D eigenvalue weighted by Gasteiger charge is 2.58. The van der Waals surface area contributed by atoms with Crippen LogP contribution in [0.1, 0.15) is 20.8 Å². The molecule has 4 rings (SSSR count). The van der Waals surface area contributed by atoms with Gasteiger partial charge >= 0.3 is 11.9 Å². The molecule has 0 fully saturated rings. The predicted octanol–water partition coefficient (Wildman–Crippen LogP) is 4.68. The van der Waals surface area contributed by atoms with Crippen molar-refractivity contribution in [3.05, 3.63) is 75.3 Å². The molecule has 2 heterocycles. The number of hydrazone groups is 1. The van der Waals surface area contributed by atoms with E-state index in [9.17, 15) is 19.7 Å². The molecular weight excluding hydrogens is 492 g/mol. The maximum Gasteiger partial charge on any atom is 0.365 e. The molecule has 0 saturated heterocycles. The van der Waals surface area contributed by atoms with Gasteiger partial charge in [0.25, 0.3) is 5.69 Å². The number of hydrogen-bond donors (Lipinski definition) is 0. The lowest BCUT2D eigenvalue weighted by molar-refractivity contribution is -0.384. The summed E-state index contributed by atoms with van der Waals surface area (Å²) in [5.74, 6) is -1.08. The van der Waals surface area contributed by atoms with Crippen LogP contribution in [0.2, 0.25) is 0 Å². The summed E-state index contributed by atoms with van der Waals surface area (Å²) in [5, 5.41) is 17.4. The topological polar surface area (TPSA) is 115 Å². The number of nitro groups is 1. The van der Waals surface area contributed by atoms with Crippen LogP contribution in [-0.2, 0) is 19.1 Å². The van der Waals surface area contributed by atoms with E-state index in [2.05, 4.69) is 5.10 Å². The first-order chi connectivity index (χ1) is 16.8. The standard InChI is InChI=1S/C23H22N4O6S2/c1-4-32-21(28)19-15(3)25(16-9-7-6-8-10-16)23(34-19)26(24-20(35-23)22(29)33-5-2)17-11-13-18(14-12-17)27(30)31/h6-14H,4-5H2,1-3H3/t23-/m1/s1. The molecule has 182 valence electrons. The van der Waals surface area contributed by atoms with Crippen LogP contribution in [0.4, 0.5) is 17.1 Å². The highest BCUT2D eigenvalue weighted by atomic mass is 32.2. The lowest BCUT2D eigenvalue weighted by Gasteiger charge is -2.41. The molecule has 0 unspecified atom stereocenters. The van der Waals surface area contributed by atoms with Crippen molar-refractivity contribution in [1.82, 2.24) is 0 Å². The molecule has 0 saturated carbocycles. The normalized spacial score (nSPS) is 19.2. The van der Waals surface area contributed by atoms with Crippen LogP contribution in [-0.4, -0.2) is 39.4 Å². The van der Waals surface area contributed by atoms with E-state index in [1.165, 1.54) is 23.9 Å². The van der Waals surface area contributed by atoms with Gasteiger partial charge in [0, 0.05) is 23.5 Å². The summed E-state index contributed by atoms with van der Waals surface area (Å²) < 4.78 is 9.35. The van der Waals surface area contributed by atoms with E-state index in [1.807, 2.05) is 35.2 Å². The molecule has 2 aliphatic heterocycles. The summed E-state index contributed by atoms with van der Waals surface area (Å²) in [7, 11) is 0. The monoisotopic (exact) mass is 514 g/mol. The first kappa shape index (κ1) is 24.6. The third-order valence-corrected chi connectivity index (χ3v) is 7.95. The Bertz CT molecular complexity index is 1220. The average Bonchev–Trinajstić information content (AvgIpc) is 3.37. The summed E-state index contributed by atoms with van der Waals surface area (Å²) in [6.45, 7) is 5.61. The minimum atomic E-state index is -1.16. The van der Waals surface area contributed by atoms with Gasteiger partial charge in [-0.1, -0.05) is 30.0 Å². The fourth-order valence-corrected chi connectivity index (χ4v) is 6.60. The van der Waals surface area contributed by atoms with Gasteiger partial charge in [0.1, 0.15) is 4.91 Å². The zero-order chi connectivity index (χ0) is 25.2. The van der Waals surface area contributed by atoms with Gasteiger partial charge in [-0.3, -0.25) is 10.1 Å². The summed E-state index contributed by atoms with van der Waals surface area (Å²) in [6, 6.07) is 15.2. The highest BCUT2D eigenvalue weighted by Crippen LogP contribution is 2.60. The first-order valence-electron chi connectivity index (χ1n) is 10.7. The molecular formula is C23H22N4O6S2. The molecule has 2 aromatic rings. The van der Waals surface area contributed by atoms with Crippen molar-refractivity contribution in [3.8, 4) is 0 Å². The third kappa shape index (κ3) is 4.46. The number of benzene rings is 2. The molecule has 0 radical (unpaired) electrons. The van der Waals surface area contributed by atoms with Crippen LogP contribution >= 0.6 is 23.5 Å². The van der Waals surface area contributed by atoms with E-state index in [4.69, 9.17) is 9.47 Å². The Morgan fingerprint density at radius 1 is 0.971 bits per heavy atom. The Morgan fingerprint density at radius 3 is 2.20 bits per heavy atom. The van der Waals surface area contributed by atoms with E-state index >= 15 is 0 Å². The van der Waals surface area contributed by atoms with Gasteiger partial charge in [-0.05, 0) is 56.8 Å². The van der Waals surface area contributed by atoms with E-state index in [1.54, 1.807) is 37.9 Å². The minimum absolute atomic E-state index is 0.0789. The molecule has 0 bridgehead atoms. The van der Waals surface area contributed by atoms with Crippen LogP contribution < -0.4 is 9.91 Å². The van der Waals surface area contributed by atoms with Gasteiger partial charge in [-0.2, -0.15) is 5.10 Å². The van der Waals surface area contributed by atoms with Crippen LogP contribution in [0.25, 0.3) is 0 Å². The molecule has 0 amide bonds. The van der Waals surface area contributed by atoms with E-state index in [0.717, 1.165) is 17.4 Å². The molecule has 1 spiro atoms. The molecule has 0 aliphatic carbocycles. The van der Waals surface area contributed by atoms with Gasteiger partial charge in [0.2, 0.25) is 9.37 Å². The number of ether oxygens (including phenoxy) is 2. The van der Waals surface area contributed by atoms with Gasteiger partial charge in [0.15, 0.2) is 0 Å². The van der Waals surface area contributed by atoms with Gasteiger partial charge in [-0.15, -0.1) is 0 Å². The molecule has 2 aromatic carbocycles. The van der Waals surface area contributed by atoms with Crippen molar-refractivity contribution < 1.29 is 24.0 Å². The number of rotatable bonds is 7. The number of esters is 2. The number of thioether (sulfide) groups is 2. The average molecular weight is 515 g/mol. The van der Waals surface area contributed by atoms with E-state index < -0.39 is 21.2 Å². The first-order valence-corrected chi connectivity index (χ1v) is 12.4. The van der Waals surface area contributed by atoms with Crippen molar-refractivity contribution >= 4 is 57.6 Å². The van der Waals surface area contributed by atoms with Crippen molar-refractivity contribution in [2.75, 3.05) is 23.1 Å². The van der Waals surface area contributed by atoms with Gasteiger partial charge in [0.05, 0.1) is 23.8 Å². The largest absolute Gasteiger partial charge is 0.462 e. The fourth-order valence-electron chi connectivity index (χ4n) is 3.65. The lowest BCUT2D eigenvalue weighted by atomic mass is 10.2. The zero-order valence-corrected chi connectivity index (χ0v) is 20.8. The van der Waals surface area contributed by atoms with Crippen LogP contribution in [0.5, 0.6) is 0 Å². The minimum Gasteiger partial charge on any atom is -0.462 e. The van der Waals surface area contributed by atoms with Crippen molar-refractivity contribution in [1.29, 1.82) is 0 Å². The quantitative estimate of drug-likeness (QED) is 0.293. The number of hydrogen-bond acceptors (Lipinski definition) is 11. The maximum absolute atomic E-state index is 12.9. The van der Waals surface area contributed by atoms with Gasteiger partial charge in [-0.25, -0.2) is 14.6 Å². The Balaban J connectivity index is 1.87. The number of carbonyl (C=O) groups is 2. The summed E-state index contributed by atoms with van der Waals surface area (Å²) >= 11 is 2.33. The molecule has 35 heavy (non-hydrogen) atoms. The van der Waals surface area contributed by atoms with Crippen molar-refractivity contribution in [2.45, 2.75) is 25.1 Å². The number of nitro benzene ring substituents is 1. The van der Waals surface area contributed by atoms with Crippen LogP contribution in [0.3, 0.4) is 0 Å². The molecule has 0 N–H and O–H groups in total. The Morgan fingerprint density at radius 2 is 1.60 bits per heavy atom. The summed E-state index contributed by atoms with van der Waals surface area (Å²) in [6.07, 6.45) is 0. The lowest BCUT2D eigenvalue weighted by Crippen LogP contribution is -2.49. The number of carbonyl (C=O) groups excluding carboxylic acids is 2. The number of allylic oxidation sites excluding steroid dienone is 1. The fraction of sp³-hybridized carbons (Fsp3) is 0.261. The van der Waals surface area contributed by atoms with E-state index in [0.29, 0.717) is 16.3 Å². The van der Waals surface area contributed by atoms with Crippen molar-refractivity contribution in [3.63, 3.8) is 0 Å². The maximum atomic E-state index is 12.9. The second-order valence-corrected chi connectivity index (χ2v) is 9.87. The van der Waals surface area contributed by atoms with Crippen LogP contribution in [0, 0.1) is 10.1 Å². The molecule has 0 aromatic heterocycles. The SMILES string of the molecule is CCOC(=O)C1=NN(c2ccc([N+](=O)[O-])cc2)[C@@]2(S1)SC(C(=O)OCC)=C(C)N2c1ccccc1. The third-order valence-electron chi connectivity index (χ3n) is 5.10. The molecule has 12 heteroatoms. The van der Waals surface area contributed by atoms with E-state index in [-0.39, 0.29) is 23.9 Å². The molecule has 2 aliphatic rings. The predicted molar refractivity (Wildman–Crippen MR) is 136 cm³/mol. The van der Waals surface area contributed by atoms with Crippen molar-refractivity contribution in [2.24, 2.45) is 5.10 Å². The second-order valence-electron chi connectivity index (χ2n) is 7.27. The second kappa shape index (κ2) is 10.0. The Labute approximate surface area is 210 Å². The zero-order valence-electron chi connectivity index (χ0n) is 19.2. The van der Waals surface area contributed by atoms with Gasteiger partial charge < -0.3 is 14.4 Å². The molecule has 10 nitrogen and oxygen atoms in total. The van der Waals surface area contributed by atoms with Crippen LogP contribution in [0.15, 0.2) is 70.3 Å². The smallest absolute Gasteiger partial charge is 0.365 e. The molecule has 1 atom stereocenters. The Hall–Kier alpha value is -3.51.